The topological polar surface area (TPSA) is 32.8 Å². The molecule has 1 heterocycles. The molecule has 1 aliphatic heterocycles. The molecular formula is C30H34Cl2N2O2Ru. The molecular weight excluding hydrogens is 592 g/mol. The Labute approximate surface area is 230 Å². The van der Waals surface area contributed by atoms with E-state index in [4.69, 9.17) is 24.1 Å². The number of carbonyl (C=O) groups is 1. The molecule has 0 aromatic heterocycles. The van der Waals surface area contributed by atoms with Gasteiger partial charge >= 0.3 is 232 Å². The molecule has 0 spiro atoms. The number of carbonyl (C=O) groups excluding carboxylic acids is 1. The van der Waals surface area contributed by atoms with Gasteiger partial charge in [0.15, 0.2) is 0 Å². The maximum atomic E-state index is 12.5. The molecule has 0 amide bonds. The number of benzene rings is 3. The molecule has 0 N–H and O–H groups in total. The summed E-state index contributed by atoms with van der Waals surface area (Å²) in [5.74, 6) is -0.407. The number of ether oxygens (including phenoxy) is 1. The van der Waals surface area contributed by atoms with Crippen molar-refractivity contribution in [3.63, 3.8) is 0 Å². The first-order chi connectivity index (χ1) is 17.4. The van der Waals surface area contributed by atoms with E-state index in [-0.39, 0.29) is 0 Å². The van der Waals surface area contributed by atoms with Crippen molar-refractivity contribution in [1.82, 2.24) is 0 Å². The first kappa shape index (κ1) is 27.7. The third-order valence-electron chi connectivity index (χ3n) is 6.61. The number of halogens is 2. The summed E-state index contributed by atoms with van der Waals surface area (Å²) in [6.07, 6.45) is 0. The second-order valence-corrected chi connectivity index (χ2v) is 18.9. The van der Waals surface area contributed by atoms with E-state index in [1.54, 1.807) is 6.07 Å². The van der Waals surface area contributed by atoms with E-state index in [9.17, 15) is 4.79 Å². The van der Waals surface area contributed by atoms with Gasteiger partial charge in [-0.05, 0) is 0 Å². The van der Waals surface area contributed by atoms with Gasteiger partial charge in [-0.25, -0.2) is 0 Å². The van der Waals surface area contributed by atoms with Gasteiger partial charge in [0.25, 0.3) is 0 Å². The Hall–Kier alpha value is -2.33. The van der Waals surface area contributed by atoms with Gasteiger partial charge in [0.05, 0.1) is 0 Å². The summed E-state index contributed by atoms with van der Waals surface area (Å²) in [5, 5.41) is 0. The fourth-order valence-corrected chi connectivity index (χ4v) is 11.5. The molecule has 198 valence electrons. The second-order valence-electron chi connectivity index (χ2n) is 9.68. The molecule has 0 bridgehead atoms. The van der Waals surface area contributed by atoms with Crippen molar-refractivity contribution in [2.24, 2.45) is 0 Å². The fraction of sp³-hybridized carbons (Fsp3) is 0.300. The van der Waals surface area contributed by atoms with E-state index in [1.165, 1.54) is 40.5 Å². The Balaban J connectivity index is 2.07. The molecule has 0 radical (unpaired) electrons. The van der Waals surface area contributed by atoms with Gasteiger partial charge in [-0.15, -0.1) is 0 Å². The van der Waals surface area contributed by atoms with Crippen molar-refractivity contribution in [1.29, 1.82) is 0 Å². The van der Waals surface area contributed by atoms with E-state index < -0.39 is 17.9 Å². The number of methoxy groups -OCH3 is 1. The number of aryl methyl sites for hydroxylation is 6. The van der Waals surface area contributed by atoms with E-state index in [0.29, 0.717) is 11.1 Å². The Kier molecular flexibility index (Phi) is 8.09. The van der Waals surface area contributed by atoms with E-state index in [0.717, 1.165) is 28.8 Å². The predicted molar refractivity (Wildman–Crippen MR) is 156 cm³/mol. The summed E-state index contributed by atoms with van der Waals surface area (Å²) in [4.78, 5) is 17.1. The minimum atomic E-state index is -3.75. The summed E-state index contributed by atoms with van der Waals surface area (Å²) in [5.41, 5.74) is 10.6. The molecule has 0 aliphatic carbocycles. The third kappa shape index (κ3) is 5.46. The summed E-state index contributed by atoms with van der Waals surface area (Å²) < 4.78 is 7.87. The molecule has 7 heteroatoms. The van der Waals surface area contributed by atoms with Gasteiger partial charge in [-0.2, -0.15) is 0 Å². The molecule has 4 rings (SSSR count). The van der Waals surface area contributed by atoms with Crippen LogP contribution in [0.2, 0.25) is 0 Å². The number of hydrogen-bond acceptors (Lipinski definition) is 4. The summed E-state index contributed by atoms with van der Waals surface area (Å²) in [7, 11) is 16.3. The minimum absolute atomic E-state index is 0.407. The maximum absolute atomic E-state index is 12.5. The van der Waals surface area contributed by atoms with Gasteiger partial charge in [0.1, 0.15) is 0 Å². The quantitative estimate of drug-likeness (QED) is 0.230. The number of nitrogens with zero attached hydrogens (tertiary/aromatic N) is 2. The molecule has 1 fully saturated rings. The molecule has 3 aromatic carbocycles. The van der Waals surface area contributed by atoms with Crippen LogP contribution in [0, 0.1) is 41.5 Å². The summed E-state index contributed by atoms with van der Waals surface area (Å²) in [6.45, 7) is 14.3. The molecule has 1 saturated heterocycles. The van der Waals surface area contributed by atoms with Gasteiger partial charge in [0, 0.05) is 0 Å². The molecule has 37 heavy (non-hydrogen) atoms. The van der Waals surface area contributed by atoms with E-state index >= 15 is 0 Å². The van der Waals surface area contributed by atoms with Crippen LogP contribution >= 0.6 is 19.4 Å². The zero-order chi connectivity index (χ0) is 27.1. The molecule has 3 aromatic rings. The average Bonchev–Trinajstić information content (AvgIpc) is 3.22. The van der Waals surface area contributed by atoms with Crippen LogP contribution in [0.1, 0.15) is 49.3 Å². The van der Waals surface area contributed by atoms with Crippen LogP contribution in [0.5, 0.6) is 0 Å². The Morgan fingerprint density at radius 3 is 1.68 bits per heavy atom. The van der Waals surface area contributed by atoms with Crippen molar-refractivity contribution in [3.8, 4) is 0 Å². The number of hydrogen-bond donors (Lipinski definition) is 0. The molecule has 1 aliphatic rings. The summed E-state index contributed by atoms with van der Waals surface area (Å²) >= 11 is -3.75. The number of esters is 1. The van der Waals surface area contributed by atoms with Crippen molar-refractivity contribution >= 4 is 45.7 Å². The Morgan fingerprint density at radius 2 is 1.24 bits per heavy atom. The standard InChI is InChI=1S/C21H26N2.C9H8O2.2ClH.Ru/c1-14-9-16(3)20(17(4)10-14)22-7-8-23(13-22)21-18(5)11-15(2)12-19(21)6;1-7-5-3-4-6-8(7)9(10)11-2;;;/h9-12H,7-8H2,1-6H3;1,3-6H,2H3;2*1H;/q;;;;+2/p-2. The molecule has 0 unspecified atom stereocenters. The van der Waals surface area contributed by atoms with Gasteiger partial charge in [-0.3, -0.25) is 0 Å². The van der Waals surface area contributed by atoms with Crippen molar-refractivity contribution in [2.45, 2.75) is 41.5 Å². The zero-order valence-electron chi connectivity index (χ0n) is 22.4. The van der Waals surface area contributed by atoms with Crippen molar-refractivity contribution in [2.75, 3.05) is 30.0 Å². The van der Waals surface area contributed by atoms with E-state index in [1.807, 2.05) is 22.8 Å². The van der Waals surface area contributed by atoms with Crippen molar-refractivity contribution in [3.05, 3.63) is 93.0 Å². The van der Waals surface area contributed by atoms with Gasteiger partial charge in [0.2, 0.25) is 0 Å². The Morgan fingerprint density at radius 1 is 0.811 bits per heavy atom. The normalized spacial score (nSPS) is 14.2. The first-order valence-electron chi connectivity index (χ1n) is 12.2. The first-order valence-corrected chi connectivity index (χ1v) is 18.5. The van der Waals surface area contributed by atoms with Gasteiger partial charge < -0.3 is 0 Å². The summed E-state index contributed by atoms with van der Waals surface area (Å²) in [6, 6.07) is 16.1. The average molecular weight is 627 g/mol. The van der Waals surface area contributed by atoms with E-state index in [2.05, 4.69) is 75.6 Å². The number of rotatable bonds is 4. The molecule has 0 atom stereocenters. The van der Waals surface area contributed by atoms with Crippen LogP contribution in [-0.2, 0) is 16.6 Å². The zero-order valence-corrected chi connectivity index (χ0v) is 25.7. The fourth-order valence-electron chi connectivity index (χ4n) is 5.44. The number of anilines is 2. The third-order valence-corrected chi connectivity index (χ3v) is 12.1. The Bertz CT molecular complexity index is 1400. The van der Waals surface area contributed by atoms with Crippen LogP contribution in [0.15, 0.2) is 48.5 Å². The van der Waals surface area contributed by atoms with Crippen LogP contribution < -0.4 is 9.80 Å². The van der Waals surface area contributed by atoms with Crippen LogP contribution in [0.25, 0.3) is 0 Å². The molecule has 4 nitrogen and oxygen atoms in total. The SMILES string of the molecule is COC(=O)c1ccccc1[CH]=[Ru]([Cl])([Cl])=[C]1N(c2c(C)cc(C)cc2C)CCN1c1c(C)cc(C)cc1C. The van der Waals surface area contributed by atoms with Crippen LogP contribution in [-0.4, -0.2) is 35.1 Å². The second kappa shape index (κ2) is 10.8. The monoisotopic (exact) mass is 626 g/mol. The van der Waals surface area contributed by atoms with Gasteiger partial charge in [-0.1, -0.05) is 0 Å². The molecule has 0 saturated carbocycles. The van der Waals surface area contributed by atoms with Crippen LogP contribution in [0.4, 0.5) is 11.4 Å². The van der Waals surface area contributed by atoms with Crippen molar-refractivity contribution < 1.29 is 21.4 Å². The predicted octanol–water partition coefficient (Wildman–Crippen LogP) is 7.05. The van der Waals surface area contributed by atoms with Crippen LogP contribution in [0.3, 0.4) is 0 Å².